The van der Waals surface area contributed by atoms with Crippen LogP contribution >= 0.6 is 0 Å². The largest absolute Gasteiger partial charge is 0.388 e. The van der Waals surface area contributed by atoms with Gasteiger partial charge in [0.25, 0.3) is 0 Å². The quantitative estimate of drug-likeness (QED) is 0.897. The summed E-state index contributed by atoms with van der Waals surface area (Å²) >= 11 is 0. The van der Waals surface area contributed by atoms with Crippen LogP contribution in [0.1, 0.15) is 19.4 Å². The first kappa shape index (κ1) is 14.4. The van der Waals surface area contributed by atoms with Crippen molar-refractivity contribution in [3.8, 4) is 0 Å². The second-order valence-corrected chi connectivity index (χ2v) is 7.37. The highest BCUT2D eigenvalue weighted by Crippen LogP contribution is 2.32. The first-order valence-corrected chi connectivity index (χ1v) is 7.57. The van der Waals surface area contributed by atoms with Crippen LogP contribution in [0.15, 0.2) is 23.1 Å². The number of aliphatic hydroxyl groups is 1. The summed E-state index contributed by atoms with van der Waals surface area (Å²) in [6.45, 7) is 5.34. The molecule has 1 fully saturated rings. The predicted octanol–water partition coefficient (Wildman–Crippen LogP) is 1.53. The molecule has 1 heterocycles. The zero-order valence-corrected chi connectivity index (χ0v) is 12.0. The summed E-state index contributed by atoms with van der Waals surface area (Å²) < 4.78 is 39.3. The Morgan fingerprint density at radius 1 is 1.47 bits per heavy atom. The van der Waals surface area contributed by atoms with E-state index in [1.54, 1.807) is 13.8 Å². The minimum Gasteiger partial charge on any atom is -0.388 e. The third-order valence-corrected chi connectivity index (χ3v) is 5.76. The fraction of sp³-hybridized carbons (Fsp3) is 0.538. The van der Waals surface area contributed by atoms with Gasteiger partial charge in [-0.1, -0.05) is 6.92 Å². The summed E-state index contributed by atoms with van der Waals surface area (Å²) in [5, 5.41) is 10.1. The van der Waals surface area contributed by atoms with Gasteiger partial charge >= 0.3 is 0 Å². The number of rotatable bonds is 2. The van der Waals surface area contributed by atoms with Gasteiger partial charge in [-0.2, -0.15) is 4.31 Å². The average Bonchev–Trinajstić information content (AvgIpc) is 2.53. The molecular formula is C13H18FNO3S. The van der Waals surface area contributed by atoms with Gasteiger partial charge in [-0.3, -0.25) is 0 Å². The van der Waals surface area contributed by atoms with Crippen LogP contribution in [0.2, 0.25) is 0 Å². The summed E-state index contributed by atoms with van der Waals surface area (Å²) in [6, 6.07) is 3.61. The molecule has 6 heteroatoms. The Morgan fingerprint density at radius 2 is 2.11 bits per heavy atom. The average molecular weight is 287 g/mol. The van der Waals surface area contributed by atoms with Gasteiger partial charge in [-0.25, -0.2) is 12.8 Å². The van der Waals surface area contributed by atoms with Gasteiger partial charge in [0.15, 0.2) is 0 Å². The molecule has 0 bridgehead atoms. The van der Waals surface area contributed by atoms with E-state index < -0.39 is 21.4 Å². The normalized spacial score (nSPS) is 28.8. The Bertz CT molecular complexity index is 598. The molecule has 19 heavy (non-hydrogen) atoms. The van der Waals surface area contributed by atoms with E-state index in [0.29, 0.717) is 5.56 Å². The van der Waals surface area contributed by atoms with E-state index in [2.05, 4.69) is 0 Å². The van der Waals surface area contributed by atoms with Gasteiger partial charge in [-0.05, 0) is 43.5 Å². The van der Waals surface area contributed by atoms with E-state index in [1.165, 1.54) is 16.4 Å². The third-order valence-electron chi connectivity index (χ3n) is 3.79. The summed E-state index contributed by atoms with van der Waals surface area (Å²) in [5.41, 5.74) is -0.653. The maximum Gasteiger partial charge on any atom is 0.243 e. The number of aryl methyl sites for hydroxylation is 1. The second-order valence-electron chi connectivity index (χ2n) is 5.47. The summed E-state index contributed by atoms with van der Waals surface area (Å²) in [7, 11) is -3.68. The van der Waals surface area contributed by atoms with Crippen LogP contribution < -0.4 is 0 Å². The van der Waals surface area contributed by atoms with E-state index in [9.17, 15) is 17.9 Å². The molecule has 1 N–H and O–H groups in total. The topological polar surface area (TPSA) is 57.6 Å². The molecule has 1 aromatic rings. The van der Waals surface area contributed by atoms with Gasteiger partial charge in [0.2, 0.25) is 10.0 Å². The van der Waals surface area contributed by atoms with Crippen LogP contribution in [-0.2, 0) is 10.0 Å². The molecule has 0 aliphatic carbocycles. The van der Waals surface area contributed by atoms with Crippen molar-refractivity contribution >= 4 is 10.0 Å². The molecule has 0 aromatic heterocycles. The van der Waals surface area contributed by atoms with Crippen molar-refractivity contribution < 1.29 is 17.9 Å². The fourth-order valence-corrected chi connectivity index (χ4v) is 4.14. The van der Waals surface area contributed by atoms with Crippen molar-refractivity contribution in [3.63, 3.8) is 0 Å². The van der Waals surface area contributed by atoms with Crippen LogP contribution in [0.4, 0.5) is 4.39 Å². The molecule has 0 spiro atoms. The van der Waals surface area contributed by atoms with Crippen molar-refractivity contribution in [2.75, 3.05) is 13.1 Å². The Balaban J connectivity index is 2.39. The highest BCUT2D eigenvalue weighted by molar-refractivity contribution is 7.89. The number of β-amino-alcohol motifs (C(OH)–C–C–N with tert-alkyl or cyclic N) is 1. The highest BCUT2D eigenvalue weighted by Gasteiger charge is 2.44. The van der Waals surface area contributed by atoms with Gasteiger partial charge in [0.05, 0.1) is 10.5 Å². The maximum absolute atomic E-state index is 13.0. The molecule has 106 valence electrons. The lowest BCUT2D eigenvalue weighted by Crippen LogP contribution is -2.35. The number of nitrogens with zero attached hydrogens (tertiary/aromatic N) is 1. The minimum absolute atomic E-state index is 0.0628. The molecule has 1 saturated heterocycles. The van der Waals surface area contributed by atoms with E-state index in [4.69, 9.17) is 0 Å². The van der Waals surface area contributed by atoms with Crippen LogP contribution in [0, 0.1) is 18.7 Å². The monoisotopic (exact) mass is 287 g/mol. The first-order chi connectivity index (χ1) is 8.64. The van der Waals surface area contributed by atoms with E-state index in [1.807, 2.05) is 6.92 Å². The Labute approximate surface area is 112 Å². The molecule has 0 saturated carbocycles. The van der Waals surface area contributed by atoms with Crippen molar-refractivity contribution in [1.29, 1.82) is 0 Å². The lowest BCUT2D eigenvalue weighted by atomic mass is 9.95. The van der Waals surface area contributed by atoms with Crippen molar-refractivity contribution in [2.24, 2.45) is 5.92 Å². The number of hydrogen-bond acceptors (Lipinski definition) is 3. The Hall–Kier alpha value is -0.980. The molecule has 1 aliphatic rings. The van der Waals surface area contributed by atoms with Gasteiger partial charge in [0.1, 0.15) is 5.82 Å². The maximum atomic E-state index is 13.0. The zero-order valence-electron chi connectivity index (χ0n) is 11.2. The molecule has 1 aliphatic heterocycles. The number of hydrogen-bond donors (Lipinski definition) is 1. The molecule has 4 nitrogen and oxygen atoms in total. The number of benzene rings is 1. The lowest BCUT2D eigenvalue weighted by molar-refractivity contribution is 0.0404. The van der Waals surface area contributed by atoms with Crippen LogP contribution in [0.3, 0.4) is 0 Å². The summed E-state index contributed by atoms with van der Waals surface area (Å²) in [4.78, 5) is 0.0961. The first-order valence-electron chi connectivity index (χ1n) is 6.13. The number of halogens is 1. The van der Waals surface area contributed by atoms with E-state index in [-0.39, 0.29) is 23.9 Å². The Morgan fingerprint density at radius 3 is 2.58 bits per heavy atom. The zero-order chi connectivity index (χ0) is 14.4. The lowest BCUT2D eigenvalue weighted by Gasteiger charge is -2.21. The highest BCUT2D eigenvalue weighted by atomic mass is 32.2. The van der Waals surface area contributed by atoms with Crippen LogP contribution in [-0.4, -0.2) is 36.5 Å². The second kappa shape index (κ2) is 4.54. The summed E-state index contributed by atoms with van der Waals surface area (Å²) in [5.74, 6) is -0.596. The molecule has 2 atom stereocenters. The number of sulfonamides is 1. The van der Waals surface area contributed by atoms with Crippen molar-refractivity contribution in [2.45, 2.75) is 31.3 Å². The molecule has 0 unspecified atom stereocenters. The van der Waals surface area contributed by atoms with Gasteiger partial charge < -0.3 is 5.11 Å². The Kier molecular flexibility index (Phi) is 3.45. The van der Waals surface area contributed by atoms with E-state index >= 15 is 0 Å². The van der Waals surface area contributed by atoms with Crippen LogP contribution in [0.25, 0.3) is 0 Å². The minimum atomic E-state index is -3.68. The molecule has 2 rings (SSSR count). The predicted molar refractivity (Wildman–Crippen MR) is 69.7 cm³/mol. The summed E-state index contributed by atoms with van der Waals surface area (Å²) in [6.07, 6.45) is 0. The molecule has 0 amide bonds. The van der Waals surface area contributed by atoms with E-state index in [0.717, 1.165) is 6.07 Å². The van der Waals surface area contributed by atoms with Gasteiger partial charge in [-0.15, -0.1) is 0 Å². The fourth-order valence-electron chi connectivity index (χ4n) is 2.30. The third kappa shape index (κ3) is 2.52. The standard InChI is InChI=1S/C13H18FNO3S/c1-9-6-11(14)4-5-12(9)19(17,18)15-7-10(2)13(3,16)8-15/h4-6,10,16H,7-8H2,1-3H3/t10-,13+/m1/s1. The molecule has 1 aromatic carbocycles. The molecular weight excluding hydrogens is 269 g/mol. The SMILES string of the molecule is Cc1cc(F)ccc1S(=O)(=O)N1C[C@@H](C)[C@@](C)(O)C1. The smallest absolute Gasteiger partial charge is 0.243 e. The van der Waals surface area contributed by atoms with Gasteiger partial charge in [0, 0.05) is 13.1 Å². The molecule has 0 radical (unpaired) electrons. The van der Waals surface area contributed by atoms with Crippen LogP contribution in [0.5, 0.6) is 0 Å². The van der Waals surface area contributed by atoms with Crippen molar-refractivity contribution in [3.05, 3.63) is 29.6 Å². The van der Waals surface area contributed by atoms with Crippen molar-refractivity contribution in [1.82, 2.24) is 4.31 Å².